The molecule has 1 aliphatic heterocycles. The highest BCUT2D eigenvalue weighted by Crippen LogP contribution is 2.15. The molecule has 1 aliphatic rings. The first-order chi connectivity index (χ1) is 10.3. The van der Waals surface area contributed by atoms with Crippen LogP contribution in [0, 0.1) is 11.3 Å². The summed E-state index contributed by atoms with van der Waals surface area (Å²) < 4.78 is 0. The molecule has 1 atom stereocenters. The third kappa shape index (κ3) is 5.49. The number of hydrogen-bond donors (Lipinski definition) is 0. The van der Waals surface area contributed by atoms with Crippen LogP contribution in [0.15, 0.2) is 30.3 Å². The summed E-state index contributed by atoms with van der Waals surface area (Å²) in [6.45, 7) is 8.05. The third-order valence-corrected chi connectivity index (χ3v) is 4.43. The fourth-order valence-electron chi connectivity index (χ4n) is 2.97. The molecule has 1 aromatic carbocycles. The molecule has 0 saturated carbocycles. The summed E-state index contributed by atoms with van der Waals surface area (Å²) in [6.07, 6.45) is 4.13. The predicted octanol–water partition coefficient (Wildman–Crippen LogP) is 3.28. The van der Waals surface area contributed by atoms with Gasteiger partial charge in [-0.1, -0.05) is 30.3 Å². The Balaban J connectivity index is 1.79. The summed E-state index contributed by atoms with van der Waals surface area (Å²) in [4.78, 5) is 5.17. The first-order valence-corrected chi connectivity index (χ1v) is 8.17. The van der Waals surface area contributed by atoms with Crippen LogP contribution in [0.5, 0.6) is 0 Å². The average Bonchev–Trinajstić information content (AvgIpc) is 2.68. The highest BCUT2D eigenvalue weighted by molar-refractivity contribution is 5.14. The topological polar surface area (TPSA) is 30.3 Å². The van der Waals surface area contributed by atoms with Crippen LogP contribution in [0.3, 0.4) is 0 Å². The molecule has 0 bridgehead atoms. The molecule has 0 aromatic heterocycles. The minimum atomic E-state index is 0.648. The van der Waals surface area contributed by atoms with E-state index in [-0.39, 0.29) is 0 Å². The van der Waals surface area contributed by atoms with Gasteiger partial charge in [0.2, 0.25) is 0 Å². The molecule has 2 rings (SSSR count). The Hall–Kier alpha value is -1.37. The van der Waals surface area contributed by atoms with E-state index in [0.29, 0.717) is 12.5 Å². The van der Waals surface area contributed by atoms with Gasteiger partial charge in [0.1, 0.15) is 0 Å². The minimum Gasteiger partial charge on any atom is -0.302 e. The zero-order chi connectivity index (χ0) is 14.9. The van der Waals surface area contributed by atoms with E-state index in [1.54, 1.807) is 0 Å². The summed E-state index contributed by atoms with van der Waals surface area (Å²) >= 11 is 0. The second-order valence-corrected chi connectivity index (χ2v) is 6.05. The number of nitriles is 1. The summed E-state index contributed by atoms with van der Waals surface area (Å²) in [7, 11) is 0. The fourth-order valence-corrected chi connectivity index (χ4v) is 2.97. The van der Waals surface area contributed by atoms with E-state index >= 15 is 0 Å². The van der Waals surface area contributed by atoms with Crippen LogP contribution in [0.1, 0.15) is 38.2 Å². The molecule has 1 aromatic rings. The van der Waals surface area contributed by atoms with Crippen molar-refractivity contribution in [2.24, 2.45) is 0 Å². The molecule has 0 amide bonds. The standard InChI is InChI=1S/C18H27N3/c1-17-10-13-20(12-7-3-6-11-19)14-15-21(17)16-18-8-4-2-5-9-18/h2,4-5,8-9,17H,3,6-7,10,12-16H2,1H3. The van der Waals surface area contributed by atoms with Gasteiger partial charge in [0.05, 0.1) is 6.07 Å². The molecule has 0 spiro atoms. The number of nitrogens with zero attached hydrogens (tertiary/aromatic N) is 3. The number of rotatable bonds is 6. The highest BCUT2D eigenvalue weighted by Gasteiger charge is 2.20. The maximum absolute atomic E-state index is 8.59. The molecule has 1 saturated heterocycles. The van der Waals surface area contributed by atoms with E-state index in [1.165, 1.54) is 18.5 Å². The van der Waals surface area contributed by atoms with Gasteiger partial charge >= 0.3 is 0 Å². The van der Waals surface area contributed by atoms with Gasteiger partial charge in [-0.25, -0.2) is 0 Å². The largest absolute Gasteiger partial charge is 0.302 e. The molecule has 0 aliphatic carbocycles. The average molecular weight is 285 g/mol. The molecular formula is C18H27N3. The summed E-state index contributed by atoms with van der Waals surface area (Å²) in [5.41, 5.74) is 1.41. The van der Waals surface area contributed by atoms with Crippen molar-refractivity contribution in [3.05, 3.63) is 35.9 Å². The lowest BCUT2D eigenvalue weighted by molar-refractivity contribution is 0.205. The van der Waals surface area contributed by atoms with Crippen LogP contribution >= 0.6 is 0 Å². The van der Waals surface area contributed by atoms with Crippen LogP contribution in [0.2, 0.25) is 0 Å². The smallest absolute Gasteiger partial charge is 0.0621 e. The lowest BCUT2D eigenvalue weighted by atomic mass is 10.1. The quantitative estimate of drug-likeness (QED) is 0.751. The Labute approximate surface area is 129 Å². The second kappa shape index (κ2) is 8.81. The first-order valence-electron chi connectivity index (χ1n) is 8.17. The van der Waals surface area contributed by atoms with Crippen LogP contribution in [-0.2, 0) is 6.54 Å². The third-order valence-electron chi connectivity index (χ3n) is 4.43. The van der Waals surface area contributed by atoms with Gasteiger partial charge in [0.15, 0.2) is 0 Å². The Morgan fingerprint density at radius 2 is 1.95 bits per heavy atom. The predicted molar refractivity (Wildman–Crippen MR) is 86.8 cm³/mol. The minimum absolute atomic E-state index is 0.648. The van der Waals surface area contributed by atoms with Crippen molar-refractivity contribution in [3.8, 4) is 6.07 Å². The van der Waals surface area contributed by atoms with Crippen LogP contribution < -0.4 is 0 Å². The summed E-state index contributed by atoms with van der Waals surface area (Å²) in [6, 6.07) is 13.6. The molecule has 3 heteroatoms. The number of benzene rings is 1. The van der Waals surface area contributed by atoms with Crippen molar-refractivity contribution in [2.45, 2.75) is 45.2 Å². The molecule has 114 valence electrons. The molecule has 0 radical (unpaired) electrons. The number of hydrogen-bond acceptors (Lipinski definition) is 3. The molecule has 3 nitrogen and oxygen atoms in total. The Kier molecular flexibility index (Phi) is 6.72. The second-order valence-electron chi connectivity index (χ2n) is 6.05. The number of unbranched alkanes of at least 4 members (excludes halogenated alkanes) is 2. The van der Waals surface area contributed by atoms with E-state index in [9.17, 15) is 0 Å². The normalized spacial score (nSPS) is 20.9. The van der Waals surface area contributed by atoms with E-state index in [4.69, 9.17) is 5.26 Å². The monoisotopic (exact) mass is 285 g/mol. The van der Waals surface area contributed by atoms with Gasteiger partial charge in [0, 0.05) is 32.1 Å². The molecule has 1 unspecified atom stereocenters. The van der Waals surface area contributed by atoms with Crippen molar-refractivity contribution >= 4 is 0 Å². The van der Waals surface area contributed by atoms with Crippen molar-refractivity contribution in [3.63, 3.8) is 0 Å². The maximum atomic E-state index is 8.59. The summed E-state index contributed by atoms with van der Waals surface area (Å²) in [5, 5.41) is 8.59. The van der Waals surface area contributed by atoms with E-state index < -0.39 is 0 Å². The maximum Gasteiger partial charge on any atom is 0.0621 e. The Bertz CT molecular complexity index is 438. The molecule has 0 N–H and O–H groups in total. The summed E-state index contributed by atoms with van der Waals surface area (Å²) in [5.74, 6) is 0. The first kappa shape index (κ1) is 16.0. The zero-order valence-corrected chi connectivity index (χ0v) is 13.2. The fraction of sp³-hybridized carbons (Fsp3) is 0.611. The van der Waals surface area contributed by atoms with Crippen molar-refractivity contribution in [1.82, 2.24) is 9.80 Å². The van der Waals surface area contributed by atoms with E-state index in [2.05, 4.69) is 53.1 Å². The SMILES string of the molecule is CC1CCN(CCCCC#N)CCN1Cc1ccccc1. The molecular weight excluding hydrogens is 258 g/mol. The molecule has 1 heterocycles. The van der Waals surface area contributed by atoms with Crippen LogP contribution in [0.25, 0.3) is 0 Å². The lowest BCUT2D eigenvalue weighted by Crippen LogP contribution is -2.34. The molecule has 21 heavy (non-hydrogen) atoms. The van der Waals surface area contributed by atoms with Gasteiger partial charge in [-0.05, 0) is 44.8 Å². The highest BCUT2D eigenvalue weighted by atomic mass is 15.2. The van der Waals surface area contributed by atoms with Gasteiger partial charge in [0.25, 0.3) is 0 Å². The van der Waals surface area contributed by atoms with Crippen molar-refractivity contribution < 1.29 is 0 Å². The van der Waals surface area contributed by atoms with Gasteiger partial charge in [-0.15, -0.1) is 0 Å². The van der Waals surface area contributed by atoms with Crippen LogP contribution in [0.4, 0.5) is 0 Å². The Morgan fingerprint density at radius 3 is 2.71 bits per heavy atom. The zero-order valence-electron chi connectivity index (χ0n) is 13.2. The van der Waals surface area contributed by atoms with Crippen molar-refractivity contribution in [2.75, 3.05) is 26.2 Å². The van der Waals surface area contributed by atoms with E-state index in [0.717, 1.165) is 39.0 Å². The van der Waals surface area contributed by atoms with Gasteiger partial charge in [-0.3, -0.25) is 4.90 Å². The van der Waals surface area contributed by atoms with Gasteiger partial charge in [-0.2, -0.15) is 5.26 Å². The van der Waals surface area contributed by atoms with E-state index in [1.807, 2.05) is 0 Å². The van der Waals surface area contributed by atoms with Crippen LogP contribution in [-0.4, -0.2) is 42.0 Å². The molecule has 1 fully saturated rings. The van der Waals surface area contributed by atoms with Gasteiger partial charge < -0.3 is 4.90 Å². The van der Waals surface area contributed by atoms with Crippen molar-refractivity contribution in [1.29, 1.82) is 5.26 Å². The lowest BCUT2D eigenvalue weighted by Gasteiger charge is -2.26. The Morgan fingerprint density at radius 1 is 1.14 bits per heavy atom.